The second-order valence-corrected chi connectivity index (χ2v) is 4.01. The molecule has 0 amide bonds. The molecule has 0 unspecified atom stereocenters. The van der Waals surface area contributed by atoms with E-state index >= 15 is 0 Å². The third kappa shape index (κ3) is 2.16. The number of rotatable bonds is 1. The van der Waals surface area contributed by atoms with Crippen LogP contribution in [0.5, 0.6) is 0 Å². The third-order valence-electron chi connectivity index (χ3n) is 1.56. The average Bonchev–Trinajstić information content (AvgIpc) is 2.15. The molecule has 0 N–H and O–H groups in total. The molecule has 0 heterocycles. The van der Waals surface area contributed by atoms with E-state index in [9.17, 15) is 4.79 Å². The van der Waals surface area contributed by atoms with Crippen molar-refractivity contribution in [3.8, 4) is 6.07 Å². The Morgan fingerprint density at radius 3 is 2.79 bits per heavy atom. The second-order valence-electron chi connectivity index (χ2n) is 2.41. The van der Waals surface area contributed by atoms with Gasteiger partial charge in [-0.05, 0) is 34.7 Å². The molecule has 0 aromatic heterocycles. The van der Waals surface area contributed by atoms with Crippen LogP contribution < -0.4 is 0 Å². The van der Waals surface area contributed by atoms with Gasteiger partial charge >= 0.3 is 5.97 Å². The summed E-state index contributed by atoms with van der Waals surface area (Å²) in [6.45, 7) is 0. The van der Waals surface area contributed by atoms with Crippen LogP contribution >= 0.6 is 34.2 Å². The standard InChI is InChI=1S/C9H5ClINO2/c1-14-9(13)8-5(4-12)2-6(10)3-7(8)11/h2-3H,1H3. The average molecular weight is 322 g/mol. The summed E-state index contributed by atoms with van der Waals surface area (Å²) in [5.74, 6) is -0.525. The Morgan fingerprint density at radius 1 is 1.64 bits per heavy atom. The van der Waals surface area contributed by atoms with E-state index in [1.165, 1.54) is 13.2 Å². The van der Waals surface area contributed by atoms with Gasteiger partial charge in [0.05, 0.1) is 18.2 Å². The Labute approximate surface area is 99.8 Å². The minimum atomic E-state index is -0.525. The summed E-state index contributed by atoms with van der Waals surface area (Å²) >= 11 is 7.68. The SMILES string of the molecule is COC(=O)c1c(I)cc(Cl)cc1C#N. The molecule has 0 saturated carbocycles. The van der Waals surface area contributed by atoms with Gasteiger partial charge < -0.3 is 4.74 Å². The predicted molar refractivity (Wildman–Crippen MR) is 60.2 cm³/mol. The highest BCUT2D eigenvalue weighted by atomic mass is 127. The Morgan fingerprint density at radius 2 is 2.29 bits per heavy atom. The Hall–Kier alpha value is -0.800. The maximum absolute atomic E-state index is 11.3. The molecule has 1 aromatic carbocycles. The van der Waals surface area contributed by atoms with E-state index in [1.54, 1.807) is 6.07 Å². The fourth-order valence-corrected chi connectivity index (χ4v) is 2.22. The van der Waals surface area contributed by atoms with E-state index in [2.05, 4.69) is 4.74 Å². The fourth-order valence-electron chi connectivity index (χ4n) is 0.971. The number of esters is 1. The summed E-state index contributed by atoms with van der Waals surface area (Å²) in [6, 6.07) is 4.95. The quantitative estimate of drug-likeness (QED) is 0.590. The number of hydrogen-bond acceptors (Lipinski definition) is 3. The molecule has 0 spiro atoms. The van der Waals surface area contributed by atoms with Crippen molar-refractivity contribution in [2.75, 3.05) is 7.11 Å². The van der Waals surface area contributed by atoms with Crippen LogP contribution in [0.1, 0.15) is 15.9 Å². The molecule has 5 heteroatoms. The van der Waals surface area contributed by atoms with Gasteiger partial charge in [-0.25, -0.2) is 4.79 Å². The van der Waals surface area contributed by atoms with Crippen LogP contribution in [0, 0.1) is 14.9 Å². The molecule has 72 valence electrons. The number of nitriles is 1. The highest BCUT2D eigenvalue weighted by Crippen LogP contribution is 2.22. The van der Waals surface area contributed by atoms with Crippen molar-refractivity contribution in [1.82, 2.24) is 0 Å². The third-order valence-corrected chi connectivity index (χ3v) is 2.63. The first kappa shape index (κ1) is 11.3. The summed E-state index contributed by atoms with van der Waals surface area (Å²) in [6.07, 6.45) is 0. The molecule has 1 rings (SSSR count). The molecule has 1 aromatic rings. The number of methoxy groups -OCH3 is 1. The Kier molecular flexibility index (Phi) is 3.72. The monoisotopic (exact) mass is 321 g/mol. The van der Waals surface area contributed by atoms with E-state index in [1.807, 2.05) is 28.7 Å². The van der Waals surface area contributed by atoms with Crippen molar-refractivity contribution in [3.63, 3.8) is 0 Å². The van der Waals surface area contributed by atoms with E-state index in [0.29, 0.717) is 8.59 Å². The van der Waals surface area contributed by atoms with Gasteiger partial charge in [0.2, 0.25) is 0 Å². The first-order chi connectivity index (χ1) is 6.60. The predicted octanol–water partition coefficient (Wildman–Crippen LogP) is 2.60. The molecule has 3 nitrogen and oxygen atoms in total. The minimum absolute atomic E-state index is 0.230. The van der Waals surface area contributed by atoms with Gasteiger partial charge in [0.15, 0.2) is 0 Å². The number of nitrogens with zero attached hydrogens (tertiary/aromatic N) is 1. The lowest BCUT2D eigenvalue weighted by atomic mass is 10.1. The number of hydrogen-bond donors (Lipinski definition) is 0. The number of benzene rings is 1. The van der Waals surface area contributed by atoms with Crippen molar-refractivity contribution >= 4 is 40.2 Å². The van der Waals surface area contributed by atoms with Crippen LogP contribution in [-0.4, -0.2) is 13.1 Å². The highest BCUT2D eigenvalue weighted by molar-refractivity contribution is 14.1. The van der Waals surface area contributed by atoms with E-state index in [0.717, 1.165) is 0 Å². The summed E-state index contributed by atoms with van der Waals surface area (Å²) in [5, 5.41) is 9.22. The topological polar surface area (TPSA) is 50.1 Å². The minimum Gasteiger partial charge on any atom is -0.465 e. The lowest BCUT2D eigenvalue weighted by molar-refractivity contribution is 0.0599. The fraction of sp³-hybridized carbons (Fsp3) is 0.111. The summed E-state index contributed by atoms with van der Waals surface area (Å²) in [4.78, 5) is 11.3. The zero-order valence-electron chi connectivity index (χ0n) is 7.17. The molecular formula is C9H5ClINO2. The molecule has 0 atom stereocenters. The van der Waals surface area contributed by atoms with Crippen molar-refractivity contribution < 1.29 is 9.53 Å². The van der Waals surface area contributed by atoms with Gasteiger partial charge in [0.1, 0.15) is 6.07 Å². The highest BCUT2D eigenvalue weighted by Gasteiger charge is 2.16. The number of carbonyl (C=O) groups excluding carboxylic acids is 1. The Bertz CT molecular complexity index is 426. The molecule has 0 aliphatic heterocycles. The van der Waals surface area contributed by atoms with E-state index in [-0.39, 0.29) is 11.1 Å². The van der Waals surface area contributed by atoms with Gasteiger partial charge in [0, 0.05) is 8.59 Å². The molecule has 0 radical (unpaired) electrons. The molecule has 0 aliphatic carbocycles. The van der Waals surface area contributed by atoms with Crippen molar-refractivity contribution in [1.29, 1.82) is 5.26 Å². The first-order valence-corrected chi connectivity index (χ1v) is 5.03. The van der Waals surface area contributed by atoms with Gasteiger partial charge in [-0.3, -0.25) is 0 Å². The summed E-state index contributed by atoms with van der Waals surface area (Å²) in [7, 11) is 1.27. The van der Waals surface area contributed by atoms with Gasteiger partial charge in [0.25, 0.3) is 0 Å². The molecule has 0 saturated heterocycles. The van der Waals surface area contributed by atoms with Crippen LogP contribution in [0.4, 0.5) is 0 Å². The maximum Gasteiger partial charge on any atom is 0.340 e. The summed E-state index contributed by atoms with van der Waals surface area (Å²) < 4.78 is 5.17. The van der Waals surface area contributed by atoms with Crippen LogP contribution in [0.2, 0.25) is 5.02 Å². The van der Waals surface area contributed by atoms with Gasteiger partial charge in [-0.1, -0.05) is 11.6 Å². The first-order valence-electron chi connectivity index (χ1n) is 3.57. The van der Waals surface area contributed by atoms with Crippen molar-refractivity contribution in [2.24, 2.45) is 0 Å². The Balaban J connectivity index is 3.42. The number of halogens is 2. The molecule has 0 aliphatic rings. The van der Waals surface area contributed by atoms with E-state index in [4.69, 9.17) is 16.9 Å². The molecule has 0 fully saturated rings. The van der Waals surface area contributed by atoms with Gasteiger partial charge in [-0.2, -0.15) is 5.26 Å². The lowest BCUT2D eigenvalue weighted by Crippen LogP contribution is -2.06. The molecular weight excluding hydrogens is 316 g/mol. The second kappa shape index (κ2) is 4.62. The van der Waals surface area contributed by atoms with Crippen molar-refractivity contribution in [3.05, 3.63) is 31.9 Å². The summed E-state index contributed by atoms with van der Waals surface area (Å²) in [5.41, 5.74) is 0.494. The van der Waals surface area contributed by atoms with Crippen molar-refractivity contribution in [2.45, 2.75) is 0 Å². The smallest absolute Gasteiger partial charge is 0.340 e. The van der Waals surface area contributed by atoms with Crippen LogP contribution in [0.25, 0.3) is 0 Å². The lowest BCUT2D eigenvalue weighted by Gasteiger charge is -2.04. The normalized spacial score (nSPS) is 9.29. The van der Waals surface area contributed by atoms with Crippen LogP contribution in [0.15, 0.2) is 12.1 Å². The number of carbonyl (C=O) groups is 1. The largest absolute Gasteiger partial charge is 0.465 e. The molecule has 0 bridgehead atoms. The molecule has 14 heavy (non-hydrogen) atoms. The maximum atomic E-state index is 11.3. The van der Waals surface area contributed by atoms with Gasteiger partial charge in [-0.15, -0.1) is 0 Å². The zero-order chi connectivity index (χ0) is 10.7. The van der Waals surface area contributed by atoms with Crippen LogP contribution in [0.3, 0.4) is 0 Å². The van der Waals surface area contributed by atoms with Crippen LogP contribution in [-0.2, 0) is 4.74 Å². The zero-order valence-corrected chi connectivity index (χ0v) is 10.1. The number of ether oxygens (including phenoxy) is 1. The van der Waals surface area contributed by atoms with E-state index < -0.39 is 5.97 Å².